The lowest BCUT2D eigenvalue weighted by Crippen LogP contribution is -2.58. The van der Waals surface area contributed by atoms with E-state index in [1.165, 1.54) is 0 Å². The van der Waals surface area contributed by atoms with Crippen molar-refractivity contribution in [3.05, 3.63) is 18.2 Å². The van der Waals surface area contributed by atoms with Crippen LogP contribution in [-0.2, 0) is 21.5 Å². The molecule has 8 heteroatoms. The van der Waals surface area contributed by atoms with Gasteiger partial charge in [-0.1, -0.05) is 33.5 Å². The van der Waals surface area contributed by atoms with Crippen LogP contribution in [0.25, 0.3) is 0 Å². The number of nitrogens with zero attached hydrogens (tertiary/aromatic N) is 3. The smallest absolute Gasteiger partial charge is 0.214 e. The fourth-order valence-electron chi connectivity index (χ4n) is 2.98. The van der Waals surface area contributed by atoms with Crippen molar-refractivity contribution in [1.29, 1.82) is 0 Å². The summed E-state index contributed by atoms with van der Waals surface area (Å²) in [5.74, 6) is 0.892. The fourth-order valence-corrected chi connectivity index (χ4v) is 5.30. The van der Waals surface area contributed by atoms with Gasteiger partial charge in [-0.3, -0.25) is 0 Å². The molecule has 138 valence electrons. The Morgan fingerprint density at radius 3 is 2.58 bits per heavy atom. The van der Waals surface area contributed by atoms with E-state index in [0.29, 0.717) is 13.3 Å². The highest BCUT2D eigenvalue weighted by molar-refractivity contribution is 7.89. The summed E-state index contributed by atoms with van der Waals surface area (Å²) in [5, 5.41) is 0. The lowest BCUT2D eigenvalue weighted by atomic mass is 9.76. The summed E-state index contributed by atoms with van der Waals surface area (Å²) in [7, 11) is -4.34. The first-order valence-corrected chi connectivity index (χ1v) is 13.9. The van der Waals surface area contributed by atoms with E-state index in [1.54, 1.807) is 17.4 Å². The highest BCUT2D eigenvalue weighted by Crippen LogP contribution is 2.49. The van der Waals surface area contributed by atoms with Gasteiger partial charge >= 0.3 is 0 Å². The van der Waals surface area contributed by atoms with Crippen molar-refractivity contribution in [2.45, 2.75) is 59.2 Å². The molecule has 1 aliphatic rings. The van der Waals surface area contributed by atoms with Crippen LogP contribution in [0.4, 0.5) is 0 Å². The van der Waals surface area contributed by atoms with Crippen molar-refractivity contribution in [2.24, 2.45) is 5.41 Å². The van der Waals surface area contributed by atoms with Crippen LogP contribution in [0.3, 0.4) is 0 Å². The summed E-state index contributed by atoms with van der Waals surface area (Å²) in [5.41, 5.74) is -0.121. The van der Waals surface area contributed by atoms with Crippen molar-refractivity contribution < 1.29 is 13.2 Å². The van der Waals surface area contributed by atoms with Gasteiger partial charge in [0.15, 0.2) is 0 Å². The Labute approximate surface area is 147 Å². The topological polar surface area (TPSA) is 64.4 Å². The minimum atomic E-state index is -3.22. The van der Waals surface area contributed by atoms with Gasteiger partial charge < -0.3 is 9.30 Å². The number of hydrogen-bond acceptors (Lipinski definition) is 4. The van der Waals surface area contributed by atoms with Crippen LogP contribution in [0.2, 0.25) is 25.7 Å². The van der Waals surface area contributed by atoms with E-state index in [1.807, 2.05) is 10.8 Å². The zero-order chi connectivity index (χ0) is 18.2. The predicted molar refractivity (Wildman–Crippen MR) is 99.0 cm³/mol. The zero-order valence-corrected chi connectivity index (χ0v) is 17.6. The number of rotatable bonds is 8. The molecule has 1 aliphatic heterocycles. The Balaban J connectivity index is 2.10. The average Bonchev–Trinajstić information content (AvgIpc) is 2.88. The van der Waals surface area contributed by atoms with Crippen LogP contribution >= 0.6 is 0 Å². The molecule has 0 radical (unpaired) electrons. The Morgan fingerprint density at radius 2 is 2.04 bits per heavy atom. The van der Waals surface area contributed by atoms with E-state index in [4.69, 9.17) is 4.74 Å². The second-order valence-corrected chi connectivity index (χ2v) is 16.3. The molecule has 0 aromatic carbocycles. The van der Waals surface area contributed by atoms with E-state index in [0.717, 1.165) is 18.5 Å². The molecule has 2 rings (SSSR count). The number of sulfonamides is 1. The molecule has 1 fully saturated rings. The molecule has 1 aromatic heterocycles. The summed E-state index contributed by atoms with van der Waals surface area (Å²) >= 11 is 0. The molecule has 0 bridgehead atoms. The molecule has 1 unspecified atom stereocenters. The minimum Gasteiger partial charge on any atom is -0.361 e. The van der Waals surface area contributed by atoms with Crippen molar-refractivity contribution in [1.82, 2.24) is 13.9 Å². The van der Waals surface area contributed by atoms with Gasteiger partial charge in [-0.25, -0.2) is 13.4 Å². The van der Waals surface area contributed by atoms with Crippen LogP contribution in [-0.4, -0.2) is 49.3 Å². The van der Waals surface area contributed by atoms with Gasteiger partial charge in [-0.05, 0) is 13.0 Å². The van der Waals surface area contributed by atoms with Gasteiger partial charge in [0.05, 0.1) is 11.8 Å². The SMILES string of the molecule is CCS(=O)(=O)N1CC(C)(C)C1c1nccn1COCC[Si](C)(C)C. The molecule has 0 aliphatic carbocycles. The van der Waals surface area contributed by atoms with Crippen molar-refractivity contribution in [3.8, 4) is 0 Å². The molecular formula is C16H31N3O3SSi. The molecule has 1 atom stereocenters. The molecule has 0 amide bonds. The van der Waals surface area contributed by atoms with Crippen LogP contribution in [0.1, 0.15) is 32.6 Å². The third-order valence-corrected chi connectivity index (χ3v) is 8.02. The van der Waals surface area contributed by atoms with Crippen molar-refractivity contribution >= 4 is 18.1 Å². The van der Waals surface area contributed by atoms with Crippen molar-refractivity contribution in [3.63, 3.8) is 0 Å². The lowest BCUT2D eigenvalue weighted by molar-refractivity contribution is 0.00404. The van der Waals surface area contributed by atoms with Gasteiger partial charge in [0.25, 0.3) is 0 Å². The maximum Gasteiger partial charge on any atom is 0.214 e. The second kappa shape index (κ2) is 6.90. The van der Waals surface area contributed by atoms with Gasteiger partial charge in [0, 0.05) is 39.0 Å². The minimum absolute atomic E-state index is 0.118. The third kappa shape index (κ3) is 4.28. The lowest BCUT2D eigenvalue weighted by Gasteiger charge is -2.52. The third-order valence-electron chi connectivity index (χ3n) is 4.53. The molecule has 1 saturated heterocycles. The van der Waals surface area contributed by atoms with E-state index in [2.05, 4.69) is 38.5 Å². The summed E-state index contributed by atoms with van der Waals surface area (Å²) in [6.45, 7) is 14.5. The molecule has 1 aromatic rings. The maximum absolute atomic E-state index is 12.3. The molecular weight excluding hydrogens is 342 g/mol. The first kappa shape index (κ1) is 19.6. The largest absolute Gasteiger partial charge is 0.361 e. The first-order valence-electron chi connectivity index (χ1n) is 8.56. The van der Waals surface area contributed by atoms with E-state index in [-0.39, 0.29) is 17.2 Å². The molecule has 0 saturated carbocycles. The highest BCUT2D eigenvalue weighted by Gasteiger charge is 2.53. The van der Waals surface area contributed by atoms with E-state index in [9.17, 15) is 8.42 Å². The highest BCUT2D eigenvalue weighted by atomic mass is 32.2. The maximum atomic E-state index is 12.3. The standard InChI is InChI=1S/C16H31N3O3SSi/c1-7-23(20,21)19-12-16(2,3)14(19)15-17-8-9-18(15)13-22-10-11-24(4,5)6/h8-9,14H,7,10-13H2,1-6H3. The van der Waals surface area contributed by atoms with E-state index < -0.39 is 18.1 Å². The molecule has 24 heavy (non-hydrogen) atoms. The number of imidazole rings is 1. The van der Waals surface area contributed by atoms with Crippen molar-refractivity contribution in [2.75, 3.05) is 18.9 Å². The summed E-state index contributed by atoms with van der Waals surface area (Å²) in [6, 6.07) is 0.889. The van der Waals surface area contributed by atoms with Gasteiger partial charge in [-0.15, -0.1) is 0 Å². The fraction of sp³-hybridized carbons (Fsp3) is 0.812. The van der Waals surface area contributed by atoms with E-state index >= 15 is 0 Å². The normalized spacial score (nSPS) is 21.7. The van der Waals surface area contributed by atoms with Gasteiger partial charge in [0.2, 0.25) is 10.0 Å². The first-order chi connectivity index (χ1) is 11.0. The molecule has 2 heterocycles. The average molecular weight is 374 g/mol. The monoisotopic (exact) mass is 373 g/mol. The van der Waals surface area contributed by atoms with Crippen LogP contribution in [0.5, 0.6) is 0 Å². The van der Waals surface area contributed by atoms with Crippen LogP contribution < -0.4 is 0 Å². The van der Waals surface area contributed by atoms with Gasteiger partial charge in [-0.2, -0.15) is 4.31 Å². The number of ether oxygens (including phenoxy) is 1. The summed E-state index contributed by atoms with van der Waals surface area (Å²) < 4.78 is 34.0. The summed E-state index contributed by atoms with van der Waals surface area (Å²) in [6.07, 6.45) is 3.59. The Hall–Kier alpha value is -0.703. The molecule has 6 nitrogen and oxygen atoms in total. The summed E-state index contributed by atoms with van der Waals surface area (Å²) in [4.78, 5) is 4.44. The zero-order valence-electron chi connectivity index (χ0n) is 15.7. The Kier molecular flexibility index (Phi) is 5.64. The second-order valence-electron chi connectivity index (χ2n) is 8.44. The Bertz CT molecular complexity index is 664. The molecule has 0 spiro atoms. The number of hydrogen-bond donors (Lipinski definition) is 0. The Morgan fingerprint density at radius 1 is 1.38 bits per heavy atom. The van der Waals surface area contributed by atoms with Crippen LogP contribution in [0.15, 0.2) is 12.4 Å². The van der Waals surface area contributed by atoms with Gasteiger partial charge in [0.1, 0.15) is 12.6 Å². The number of aromatic nitrogens is 2. The predicted octanol–water partition coefficient (Wildman–Crippen LogP) is 2.93. The van der Waals surface area contributed by atoms with Crippen LogP contribution in [0, 0.1) is 5.41 Å². The molecule has 0 N–H and O–H groups in total. The quantitative estimate of drug-likeness (QED) is 0.519.